The molecule has 0 saturated carbocycles. The van der Waals surface area contributed by atoms with Crippen LogP contribution >= 0.6 is 0 Å². The number of rotatable bonds is 8. The zero-order valence-electron chi connectivity index (χ0n) is 17.6. The maximum absolute atomic E-state index is 10.6. The topological polar surface area (TPSA) is 180 Å². The Labute approximate surface area is 180 Å². The molecule has 2 heterocycles. The molecular formula is C16H38N4O8S2. The Hall–Kier alpha value is -0.420. The Morgan fingerprint density at radius 1 is 0.867 bits per heavy atom. The Morgan fingerprint density at radius 2 is 1.43 bits per heavy atom. The summed E-state index contributed by atoms with van der Waals surface area (Å²) in [6.45, 7) is 9.54. The molecule has 12 nitrogen and oxygen atoms in total. The van der Waals surface area contributed by atoms with E-state index in [1.165, 1.54) is 6.92 Å². The molecule has 0 bridgehead atoms. The van der Waals surface area contributed by atoms with Gasteiger partial charge < -0.3 is 20.8 Å². The number of piperazine rings is 2. The fraction of sp³-hybridized carbons (Fsp3) is 1.00. The molecule has 14 heteroatoms. The first-order chi connectivity index (χ1) is 14.0. The molecule has 2 aliphatic heterocycles. The van der Waals surface area contributed by atoms with E-state index in [1.807, 2.05) is 4.90 Å². The predicted molar refractivity (Wildman–Crippen MR) is 115 cm³/mol. The van der Waals surface area contributed by atoms with Gasteiger partial charge in [-0.15, -0.1) is 0 Å². The summed E-state index contributed by atoms with van der Waals surface area (Å²) in [5.74, 6) is -0.443. The standard InChI is InChI=1S/C8H18N2O4S.C6H14N2O.C2H6O3S/c11-5-1-8-7-9-2-3-10(8)4-6-15(12,13)14;9-6-5-8-3-1-7-2-4-8;1-2-6(3,4)5/h8-9,11H,1-7H2,(H,12,13,14);7,9H,1-6H2;2H2,1H3,(H,3,4,5). The first-order valence-corrected chi connectivity index (χ1v) is 13.2. The zero-order chi connectivity index (χ0) is 23.0. The van der Waals surface area contributed by atoms with Crippen LogP contribution in [0.4, 0.5) is 0 Å². The molecule has 0 aromatic carbocycles. The fourth-order valence-corrected chi connectivity index (χ4v) is 3.31. The van der Waals surface area contributed by atoms with Gasteiger partial charge >= 0.3 is 0 Å². The number of hydrogen-bond acceptors (Lipinski definition) is 10. The minimum Gasteiger partial charge on any atom is -0.396 e. The Morgan fingerprint density at radius 3 is 1.90 bits per heavy atom. The predicted octanol–water partition coefficient (Wildman–Crippen LogP) is -2.69. The van der Waals surface area contributed by atoms with Crippen LogP contribution in [0, 0.1) is 0 Å². The Bertz CT molecular complexity index is 622. The van der Waals surface area contributed by atoms with Crippen LogP contribution < -0.4 is 10.6 Å². The van der Waals surface area contributed by atoms with Gasteiger partial charge in [0.05, 0.1) is 18.1 Å². The normalized spacial score (nSPS) is 21.2. The van der Waals surface area contributed by atoms with Crippen molar-refractivity contribution in [2.24, 2.45) is 0 Å². The zero-order valence-corrected chi connectivity index (χ0v) is 19.2. The summed E-state index contributed by atoms with van der Waals surface area (Å²) < 4.78 is 56.8. The molecule has 2 aliphatic rings. The van der Waals surface area contributed by atoms with E-state index >= 15 is 0 Å². The lowest BCUT2D eigenvalue weighted by Gasteiger charge is -2.35. The lowest BCUT2D eigenvalue weighted by molar-refractivity contribution is 0.137. The van der Waals surface area contributed by atoms with Crippen LogP contribution in [0.25, 0.3) is 0 Å². The van der Waals surface area contributed by atoms with Gasteiger partial charge in [-0.25, -0.2) is 0 Å². The van der Waals surface area contributed by atoms with E-state index < -0.39 is 20.2 Å². The van der Waals surface area contributed by atoms with Crippen LogP contribution in [0.1, 0.15) is 13.3 Å². The van der Waals surface area contributed by atoms with Crippen molar-refractivity contribution in [1.82, 2.24) is 20.4 Å². The number of aliphatic hydroxyl groups excluding tert-OH is 2. The van der Waals surface area contributed by atoms with Crippen LogP contribution in [0.15, 0.2) is 0 Å². The highest BCUT2D eigenvalue weighted by molar-refractivity contribution is 7.86. The van der Waals surface area contributed by atoms with E-state index in [0.717, 1.165) is 52.4 Å². The van der Waals surface area contributed by atoms with Gasteiger partial charge in [-0.3, -0.25) is 18.9 Å². The molecule has 2 rings (SSSR count). The number of nitrogens with zero attached hydrogens (tertiary/aromatic N) is 2. The molecular weight excluding hydrogens is 440 g/mol. The van der Waals surface area contributed by atoms with Crippen molar-refractivity contribution < 1.29 is 36.2 Å². The smallest absolute Gasteiger partial charge is 0.266 e. The molecule has 6 N–H and O–H groups in total. The summed E-state index contributed by atoms with van der Waals surface area (Å²) in [5.41, 5.74) is 0. The van der Waals surface area contributed by atoms with Crippen LogP contribution in [-0.2, 0) is 20.2 Å². The molecule has 1 atom stereocenters. The maximum Gasteiger partial charge on any atom is 0.266 e. The highest BCUT2D eigenvalue weighted by Crippen LogP contribution is 2.06. The lowest BCUT2D eigenvalue weighted by atomic mass is 10.1. The van der Waals surface area contributed by atoms with Crippen molar-refractivity contribution in [2.75, 3.05) is 83.6 Å². The van der Waals surface area contributed by atoms with E-state index in [4.69, 9.17) is 19.3 Å². The molecule has 1 unspecified atom stereocenters. The third-order valence-electron chi connectivity index (χ3n) is 4.56. The first-order valence-electron chi connectivity index (χ1n) is 10.0. The lowest BCUT2D eigenvalue weighted by Crippen LogP contribution is -2.52. The number of hydrogen-bond donors (Lipinski definition) is 6. The van der Waals surface area contributed by atoms with E-state index in [1.54, 1.807) is 0 Å². The summed E-state index contributed by atoms with van der Waals surface area (Å²) in [6, 6.07) is 0.158. The molecule has 0 radical (unpaired) electrons. The number of aliphatic hydroxyl groups is 2. The molecule has 2 saturated heterocycles. The minimum absolute atomic E-state index is 0.0920. The molecule has 0 amide bonds. The van der Waals surface area contributed by atoms with Gasteiger partial charge in [0.2, 0.25) is 0 Å². The van der Waals surface area contributed by atoms with E-state index in [0.29, 0.717) is 19.6 Å². The average molecular weight is 479 g/mol. The maximum atomic E-state index is 10.6. The minimum atomic E-state index is -3.89. The largest absolute Gasteiger partial charge is 0.396 e. The Balaban J connectivity index is 0.000000475. The van der Waals surface area contributed by atoms with Gasteiger partial charge in [0, 0.05) is 71.6 Å². The highest BCUT2D eigenvalue weighted by atomic mass is 32.2. The summed E-state index contributed by atoms with van der Waals surface area (Å²) in [4.78, 5) is 4.25. The molecule has 182 valence electrons. The SMILES string of the molecule is CCS(=O)(=O)O.O=S(=O)(O)CCN1CCNCC1CCO.OCCN1CCNCC1. The molecule has 0 aliphatic carbocycles. The van der Waals surface area contributed by atoms with Gasteiger partial charge in [-0.05, 0) is 13.3 Å². The molecule has 0 aromatic heterocycles. The van der Waals surface area contributed by atoms with Crippen molar-refractivity contribution in [3.63, 3.8) is 0 Å². The number of nitrogens with one attached hydrogen (secondary N) is 2. The van der Waals surface area contributed by atoms with Crippen LogP contribution in [0.2, 0.25) is 0 Å². The van der Waals surface area contributed by atoms with Crippen LogP contribution in [-0.4, -0.2) is 136 Å². The van der Waals surface area contributed by atoms with Crippen molar-refractivity contribution in [3.8, 4) is 0 Å². The monoisotopic (exact) mass is 478 g/mol. The van der Waals surface area contributed by atoms with E-state index in [-0.39, 0.29) is 24.2 Å². The summed E-state index contributed by atoms with van der Waals surface area (Å²) in [5, 5.41) is 23.8. The van der Waals surface area contributed by atoms with Crippen molar-refractivity contribution in [1.29, 1.82) is 0 Å². The average Bonchev–Trinajstić information content (AvgIpc) is 2.68. The Kier molecular flexibility index (Phi) is 16.0. The second-order valence-corrected chi connectivity index (χ2v) is 10.2. The molecule has 2 fully saturated rings. The third kappa shape index (κ3) is 17.3. The van der Waals surface area contributed by atoms with Gasteiger partial charge in [-0.2, -0.15) is 16.8 Å². The first kappa shape index (κ1) is 29.6. The number of β-amino-alcohol motifs (C(OH)–C–C–N with tert-alkyl or cyclic N) is 1. The highest BCUT2D eigenvalue weighted by Gasteiger charge is 2.22. The van der Waals surface area contributed by atoms with Crippen LogP contribution in [0.3, 0.4) is 0 Å². The van der Waals surface area contributed by atoms with Gasteiger partial charge in [0.1, 0.15) is 0 Å². The van der Waals surface area contributed by atoms with Crippen molar-refractivity contribution in [3.05, 3.63) is 0 Å². The summed E-state index contributed by atoms with van der Waals surface area (Å²) in [7, 11) is -7.55. The van der Waals surface area contributed by atoms with Crippen molar-refractivity contribution >= 4 is 20.2 Å². The van der Waals surface area contributed by atoms with Crippen LogP contribution in [0.5, 0.6) is 0 Å². The molecule has 30 heavy (non-hydrogen) atoms. The quantitative estimate of drug-likeness (QED) is 0.199. The van der Waals surface area contributed by atoms with E-state index in [9.17, 15) is 16.8 Å². The van der Waals surface area contributed by atoms with Crippen molar-refractivity contribution in [2.45, 2.75) is 19.4 Å². The molecule has 0 spiro atoms. The molecule has 0 aromatic rings. The van der Waals surface area contributed by atoms with Gasteiger partial charge in [-0.1, -0.05) is 0 Å². The third-order valence-corrected chi connectivity index (χ3v) is 5.99. The summed E-state index contributed by atoms with van der Waals surface area (Å²) >= 11 is 0. The second-order valence-electron chi connectivity index (χ2n) is 6.88. The summed E-state index contributed by atoms with van der Waals surface area (Å²) in [6.07, 6.45) is 0.623. The van der Waals surface area contributed by atoms with Gasteiger partial charge in [0.15, 0.2) is 0 Å². The van der Waals surface area contributed by atoms with Gasteiger partial charge in [0.25, 0.3) is 20.2 Å². The van der Waals surface area contributed by atoms with E-state index in [2.05, 4.69) is 15.5 Å². The second kappa shape index (κ2) is 16.2. The fourth-order valence-electron chi connectivity index (χ4n) is 2.84.